The van der Waals surface area contributed by atoms with Gasteiger partial charge in [0.1, 0.15) is 0 Å². The van der Waals surface area contributed by atoms with E-state index in [4.69, 9.17) is 0 Å². The maximum atomic E-state index is 13.9. The third kappa shape index (κ3) is 5.68. The molecule has 7 nitrogen and oxygen atoms in total. The molecule has 34 heavy (non-hydrogen) atoms. The minimum atomic E-state index is -4.74. The second kappa shape index (κ2) is 9.88. The summed E-state index contributed by atoms with van der Waals surface area (Å²) in [5.41, 5.74) is 1.44. The third-order valence-corrected chi connectivity index (χ3v) is 7.68. The molecule has 1 saturated heterocycles. The van der Waals surface area contributed by atoms with Gasteiger partial charge in [0.2, 0.25) is 0 Å². The monoisotopic (exact) mass is 511 g/mol. The number of hydrogen-bond donors (Lipinski definition) is 1. The van der Waals surface area contributed by atoms with Gasteiger partial charge in [-0.3, -0.25) is 9.62 Å². The number of nitrogens with one attached hydrogen (secondary N) is 1. The van der Waals surface area contributed by atoms with Crippen LogP contribution in [0.4, 0.5) is 24.7 Å². The Bertz CT molecular complexity index is 1200. The summed E-state index contributed by atoms with van der Waals surface area (Å²) in [5.74, 6) is 0.0313. The Labute approximate surface area is 200 Å². The highest BCUT2D eigenvalue weighted by Gasteiger charge is 2.38. The van der Waals surface area contributed by atoms with Crippen LogP contribution < -0.4 is 9.62 Å². The smallest absolute Gasteiger partial charge is 0.370 e. The maximum absolute atomic E-state index is 13.9. The van der Waals surface area contributed by atoms with Gasteiger partial charge in [0.25, 0.3) is 10.0 Å². The first-order chi connectivity index (χ1) is 16.1. The number of piperidine rings is 1. The number of pyridine rings is 1. The van der Waals surface area contributed by atoms with Crippen molar-refractivity contribution in [2.45, 2.75) is 36.6 Å². The molecule has 4 rings (SSSR count). The molecule has 182 valence electrons. The molecule has 0 radical (unpaired) electrons. The number of hydrogen-bond acceptors (Lipinski definition) is 7. The average Bonchev–Trinajstić information content (AvgIpc) is 3.31. The summed E-state index contributed by atoms with van der Waals surface area (Å²) >= 11 is 1.16. The molecule has 0 aliphatic carbocycles. The molecular weight excluding hydrogens is 487 g/mol. The summed E-state index contributed by atoms with van der Waals surface area (Å²) in [7, 11) is -2.71. The Morgan fingerprint density at radius 1 is 1.18 bits per heavy atom. The van der Waals surface area contributed by atoms with Crippen LogP contribution in [0.25, 0.3) is 0 Å². The number of anilines is 2. The molecule has 1 N–H and O–H groups in total. The van der Waals surface area contributed by atoms with Gasteiger partial charge in [0.15, 0.2) is 10.8 Å². The van der Waals surface area contributed by atoms with Gasteiger partial charge < -0.3 is 4.90 Å². The Balaban J connectivity index is 1.50. The molecule has 0 saturated carbocycles. The molecule has 1 aliphatic heterocycles. The Kier molecular flexibility index (Phi) is 7.10. The van der Waals surface area contributed by atoms with E-state index in [1.165, 1.54) is 16.5 Å². The van der Waals surface area contributed by atoms with Crippen molar-refractivity contribution in [3.8, 4) is 0 Å². The van der Waals surface area contributed by atoms with E-state index >= 15 is 0 Å². The normalized spacial score (nSPS) is 15.9. The largest absolute Gasteiger partial charge is 0.418 e. The number of aromatic nitrogens is 2. The van der Waals surface area contributed by atoms with Gasteiger partial charge in [0, 0.05) is 38.1 Å². The summed E-state index contributed by atoms with van der Waals surface area (Å²) in [6.45, 7) is 2.30. The highest BCUT2D eigenvalue weighted by molar-refractivity contribution is 7.92. The number of likely N-dealkylation sites (tertiary alicyclic amines) is 1. The molecule has 3 heterocycles. The molecule has 2 aromatic heterocycles. The van der Waals surface area contributed by atoms with Crippen molar-refractivity contribution >= 4 is 32.9 Å². The van der Waals surface area contributed by atoms with E-state index in [-0.39, 0.29) is 17.5 Å². The molecule has 12 heteroatoms. The van der Waals surface area contributed by atoms with Crippen molar-refractivity contribution in [3.63, 3.8) is 0 Å². The first-order valence-corrected chi connectivity index (χ1v) is 13.0. The van der Waals surface area contributed by atoms with Crippen LogP contribution in [0.3, 0.4) is 0 Å². The summed E-state index contributed by atoms with van der Waals surface area (Å²) in [4.78, 5) is 11.5. The number of halogens is 3. The van der Waals surface area contributed by atoms with E-state index in [0.717, 1.165) is 37.2 Å². The quantitative estimate of drug-likeness (QED) is 0.505. The summed E-state index contributed by atoms with van der Waals surface area (Å²) in [6, 6.07) is 10.5. The second-order valence-corrected chi connectivity index (χ2v) is 10.5. The summed E-state index contributed by atoms with van der Waals surface area (Å²) in [6.07, 6.45) is -2.38. The van der Waals surface area contributed by atoms with Gasteiger partial charge in [0.05, 0.1) is 23.0 Å². The van der Waals surface area contributed by atoms with Crippen LogP contribution in [-0.4, -0.2) is 49.5 Å². The zero-order chi connectivity index (χ0) is 24.3. The minimum Gasteiger partial charge on any atom is -0.370 e. The van der Waals surface area contributed by atoms with Gasteiger partial charge in [-0.1, -0.05) is 30.3 Å². The van der Waals surface area contributed by atoms with Crippen LogP contribution in [0, 0.1) is 0 Å². The van der Waals surface area contributed by atoms with Crippen molar-refractivity contribution < 1.29 is 21.6 Å². The van der Waals surface area contributed by atoms with E-state index in [1.54, 1.807) is 11.9 Å². The van der Waals surface area contributed by atoms with Crippen LogP contribution in [0.1, 0.15) is 24.0 Å². The van der Waals surface area contributed by atoms with Crippen LogP contribution in [-0.2, 0) is 22.7 Å². The number of nitrogens with zero attached hydrogens (tertiary/aromatic N) is 4. The van der Waals surface area contributed by atoms with Crippen molar-refractivity contribution in [1.29, 1.82) is 0 Å². The van der Waals surface area contributed by atoms with Gasteiger partial charge in [-0.15, -0.1) is 11.3 Å². The standard InChI is InChI=1S/C22H24F3N5O2S2/c1-29(17-7-9-30(10-8-17)13-16-5-3-2-4-6-16)19-12-26-21(11-18(19)22(23,24)25)34(31,32)28-20-14-33-15-27-20/h2-6,11-12,14-15,17,28H,7-10,13H2,1H3. The SMILES string of the molecule is CN(c1cnc(S(=O)(=O)Nc2cscn2)cc1C(F)(F)F)C1CCN(Cc2ccccc2)CC1. The molecule has 0 unspecified atom stereocenters. The lowest BCUT2D eigenvalue weighted by Crippen LogP contribution is -2.43. The van der Waals surface area contributed by atoms with E-state index in [0.29, 0.717) is 18.9 Å². The fourth-order valence-corrected chi connectivity index (χ4v) is 5.55. The molecule has 0 bridgehead atoms. The second-order valence-electron chi connectivity index (χ2n) is 8.12. The number of sulfonamides is 1. The highest BCUT2D eigenvalue weighted by Crippen LogP contribution is 2.38. The van der Waals surface area contributed by atoms with Crippen molar-refractivity contribution in [2.75, 3.05) is 29.8 Å². The van der Waals surface area contributed by atoms with Gasteiger partial charge in [-0.2, -0.15) is 21.6 Å². The van der Waals surface area contributed by atoms with Crippen LogP contribution in [0.15, 0.2) is 58.5 Å². The van der Waals surface area contributed by atoms with E-state index in [9.17, 15) is 21.6 Å². The lowest BCUT2D eigenvalue weighted by Gasteiger charge is -2.38. The van der Waals surface area contributed by atoms with Crippen molar-refractivity contribution in [2.24, 2.45) is 0 Å². The molecule has 0 spiro atoms. The molecule has 1 aliphatic rings. The molecule has 1 fully saturated rings. The number of benzene rings is 1. The lowest BCUT2D eigenvalue weighted by atomic mass is 10.0. The van der Waals surface area contributed by atoms with Crippen LogP contribution in [0.5, 0.6) is 0 Å². The topological polar surface area (TPSA) is 78.4 Å². The Morgan fingerprint density at radius 3 is 2.50 bits per heavy atom. The molecule has 3 aromatic rings. The molecule has 0 amide bonds. The lowest BCUT2D eigenvalue weighted by molar-refractivity contribution is -0.137. The fraction of sp³-hybridized carbons (Fsp3) is 0.364. The van der Waals surface area contributed by atoms with E-state index in [2.05, 4.69) is 31.7 Å². The van der Waals surface area contributed by atoms with Crippen LogP contribution >= 0.6 is 11.3 Å². The predicted molar refractivity (Wildman–Crippen MR) is 125 cm³/mol. The van der Waals surface area contributed by atoms with Crippen molar-refractivity contribution in [1.82, 2.24) is 14.9 Å². The number of thiazole rings is 1. The third-order valence-electron chi connectivity index (χ3n) is 5.84. The van der Waals surface area contributed by atoms with E-state index < -0.39 is 26.8 Å². The van der Waals surface area contributed by atoms with E-state index in [1.807, 2.05) is 18.2 Å². The average molecular weight is 512 g/mol. The van der Waals surface area contributed by atoms with Crippen molar-refractivity contribution in [3.05, 3.63) is 64.6 Å². The first kappa shape index (κ1) is 24.4. The fourth-order valence-electron chi connectivity index (χ4n) is 4.04. The Morgan fingerprint density at radius 2 is 1.88 bits per heavy atom. The maximum Gasteiger partial charge on any atom is 0.418 e. The zero-order valence-corrected chi connectivity index (χ0v) is 20.0. The minimum absolute atomic E-state index is 0.0313. The van der Waals surface area contributed by atoms with Gasteiger partial charge in [-0.25, -0.2) is 9.97 Å². The summed E-state index contributed by atoms with van der Waals surface area (Å²) < 4.78 is 69.1. The number of rotatable bonds is 7. The highest BCUT2D eigenvalue weighted by atomic mass is 32.2. The molecular formula is C22H24F3N5O2S2. The predicted octanol–water partition coefficient (Wildman–Crippen LogP) is 4.46. The number of alkyl halides is 3. The van der Waals surface area contributed by atoms with Crippen LogP contribution in [0.2, 0.25) is 0 Å². The molecule has 0 atom stereocenters. The zero-order valence-electron chi connectivity index (χ0n) is 18.4. The van der Waals surface area contributed by atoms with Gasteiger partial charge >= 0.3 is 6.18 Å². The summed E-state index contributed by atoms with van der Waals surface area (Å²) in [5, 5.41) is 0.733. The first-order valence-electron chi connectivity index (χ1n) is 10.6. The molecule has 1 aromatic carbocycles. The van der Waals surface area contributed by atoms with Gasteiger partial charge in [-0.05, 0) is 24.5 Å². The Hall–Kier alpha value is -2.70.